The number of imidazole rings is 1. The van der Waals surface area contributed by atoms with Crippen LogP contribution in [-0.4, -0.2) is 40.0 Å². The van der Waals surface area contributed by atoms with Gasteiger partial charge in [0.1, 0.15) is 5.82 Å². The molecule has 21 heavy (non-hydrogen) atoms. The summed E-state index contributed by atoms with van der Waals surface area (Å²) in [6.07, 6.45) is 3.09. The monoisotopic (exact) mass is 325 g/mol. The standard InChI is InChI=1S/C16H21Cl2N3/c1-11-9-13(6-8-20(11)2)21-15-10-12(18)3-4-14(15)19-16(21)5-7-17/h3-4,10-11,13H,5-9H2,1-2H3. The Morgan fingerprint density at radius 3 is 2.90 bits per heavy atom. The van der Waals surface area contributed by atoms with Crippen LogP contribution in [0.3, 0.4) is 0 Å². The minimum Gasteiger partial charge on any atom is -0.325 e. The largest absolute Gasteiger partial charge is 0.325 e. The van der Waals surface area contributed by atoms with Crippen LogP contribution in [0.15, 0.2) is 18.2 Å². The molecule has 0 N–H and O–H groups in total. The lowest BCUT2D eigenvalue weighted by atomic mass is 9.98. The van der Waals surface area contributed by atoms with E-state index in [2.05, 4.69) is 23.4 Å². The second kappa shape index (κ2) is 6.15. The molecular weight excluding hydrogens is 305 g/mol. The molecule has 1 aliphatic heterocycles. The van der Waals surface area contributed by atoms with Crippen molar-refractivity contribution in [1.82, 2.24) is 14.5 Å². The number of hydrogen-bond donors (Lipinski definition) is 0. The highest BCUT2D eigenvalue weighted by Crippen LogP contribution is 2.32. The maximum Gasteiger partial charge on any atom is 0.111 e. The lowest BCUT2D eigenvalue weighted by molar-refractivity contribution is 0.157. The zero-order chi connectivity index (χ0) is 15.0. The number of hydrogen-bond acceptors (Lipinski definition) is 2. The van der Waals surface area contributed by atoms with Gasteiger partial charge in [-0.15, -0.1) is 11.6 Å². The number of halogens is 2. The lowest BCUT2D eigenvalue weighted by Crippen LogP contribution is -2.38. The van der Waals surface area contributed by atoms with Gasteiger partial charge in [-0.05, 0) is 45.0 Å². The fourth-order valence-electron chi connectivity index (χ4n) is 3.28. The van der Waals surface area contributed by atoms with Crippen LogP contribution in [0.1, 0.15) is 31.6 Å². The Hall–Kier alpha value is -0.770. The summed E-state index contributed by atoms with van der Waals surface area (Å²) in [5.41, 5.74) is 2.16. The molecule has 3 rings (SSSR count). The van der Waals surface area contributed by atoms with Gasteiger partial charge >= 0.3 is 0 Å². The van der Waals surface area contributed by atoms with E-state index >= 15 is 0 Å². The van der Waals surface area contributed by atoms with Crippen molar-refractivity contribution >= 4 is 34.2 Å². The molecule has 2 heterocycles. The first-order chi connectivity index (χ1) is 10.1. The summed E-state index contributed by atoms with van der Waals surface area (Å²) in [7, 11) is 2.20. The van der Waals surface area contributed by atoms with Crippen molar-refractivity contribution in [2.24, 2.45) is 0 Å². The molecule has 0 radical (unpaired) electrons. The van der Waals surface area contributed by atoms with Gasteiger partial charge in [0.2, 0.25) is 0 Å². The molecule has 5 heteroatoms. The van der Waals surface area contributed by atoms with Crippen LogP contribution in [0.25, 0.3) is 11.0 Å². The fourth-order valence-corrected chi connectivity index (χ4v) is 3.62. The fraction of sp³-hybridized carbons (Fsp3) is 0.562. The van der Waals surface area contributed by atoms with Crippen molar-refractivity contribution in [1.29, 1.82) is 0 Å². The third-order valence-electron chi connectivity index (χ3n) is 4.59. The van der Waals surface area contributed by atoms with Gasteiger partial charge in [0, 0.05) is 36.0 Å². The highest BCUT2D eigenvalue weighted by atomic mass is 35.5. The Morgan fingerprint density at radius 2 is 2.19 bits per heavy atom. The Balaban J connectivity index is 2.06. The second-order valence-corrected chi connectivity index (χ2v) is 6.79. The molecule has 2 unspecified atom stereocenters. The maximum atomic E-state index is 6.19. The number of fused-ring (bicyclic) bond motifs is 1. The topological polar surface area (TPSA) is 21.1 Å². The zero-order valence-corrected chi connectivity index (χ0v) is 14.0. The van der Waals surface area contributed by atoms with Crippen LogP contribution in [0.4, 0.5) is 0 Å². The number of benzene rings is 1. The minimum atomic E-state index is 0.484. The van der Waals surface area contributed by atoms with Gasteiger partial charge < -0.3 is 9.47 Å². The van der Waals surface area contributed by atoms with Gasteiger partial charge in [-0.2, -0.15) is 0 Å². The average molecular weight is 326 g/mol. The summed E-state index contributed by atoms with van der Waals surface area (Å²) < 4.78 is 2.38. The zero-order valence-electron chi connectivity index (χ0n) is 12.5. The van der Waals surface area contributed by atoms with E-state index in [1.165, 1.54) is 0 Å². The molecule has 0 bridgehead atoms. The summed E-state index contributed by atoms with van der Waals surface area (Å²) in [5, 5.41) is 0.766. The normalized spacial score (nSPS) is 23.8. The first kappa shape index (κ1) is 15.1. The predicted molar refractivity (Wildman–Crippen MR) is 89.5 cm³/mol. The third kappa shape index (κ3) is 2.92. The number of piperidine rings is 1. The molecule has 1 aliphatic rings. The quantitative estimate of drug-likeness (QED) is 0.791. The van der Waals surface area contributed by atoms with E-state index in [1.54, 1.807) is 0 Å². The van der Waals surface area contributed by atoms with Crippen LogP contribution < -0.4 is 0 Å². The molecule has 1 fully saturated rings. The molecule has 0 aliphatic carbocycles. The van der Waals surface area contributed by atoms with Gasteiger partial charge in [-0.1, -0.05) is 11.6 Å². The van der Waals surface area contributed by atoms with Crippen molar-refractivity contribution in [3.05, 3.63) is 29.0 Å². The molecule has 1 aromatic heterocycles. The van der Waals surface area contributed by atoms with Crippen LogP contribution in [-0.2, 0) is 6.42 Å². The molecule has 3 nitrogen and oxygen atoms in total. The average Bonchev–Trinajstić information content (AvgIpc) is 2.80. The first-order valence-electron chi connectivity index (χ1n) is 7.52. The van der Waals surface area contributed by atoms with E-state index < -0.39 is 0 Å². The van der Waals surface area contributed by atoms with E-state index in [0.29, 0.717) is 18.0 Å². The smallest absolute Gasteiger partial charge is 0.111 e. The predicted octanol–water partition coefficient (Wildman–Crippen LogP) is 4.13. The van der Waals surface area contributed by atoms with Crippen molar-refractivity contribution in [2.45, 2.75) is 38.3 Å². The Morgan fingerprint density at radius 1 is 1.38 bits per heavy atom. The highest BCUT2D eigenvalue weighted by Gasteiger charge is 2.27. The molecule has 1 saturated heterocycles. The number of alkyl halides is 1. The second-order valence-electron chi connectivity index (χ2n) is 5.98. The van der Waals surface area contributed by atoms with E-state index in [0.717, 1.165) is 47.7 Å². The van der Waals surface area contributed by atoms with Gasteiger partial charge in [0.25, 0.3) is 0 Å². The van der Waals surface area contributed by atoms with Gasteiger partial charge in [-0.25, -0.2) is 4.98 Å². The molecule has 0 amide bonds. The number of likely N-dealkylation sites (tertiary alicyclic amines) is 1. The Bertz CT molecular complexity index is 638. The molecule has 0 spiro atoms. The number of aromatic nitrogens is 2. The van der Waals surface area contributed by atoms with Crippen LogP contribution in [0.2, 0.25) is 5.02 Å². The third-order valence-corrected chi connectivity index (χ3v) is 5.01. The molecule has 2 aromatic rings. The van der Waals surface area contributed by atoms with Crippen molar-refractivity contribution < 1.29 is 0 Å². The van der Waals surface area contributed by atoms with Gasteiger partial charge in [-0.3, -0.25) is 0 Å². The number of rotatable bonds is 3. The van der Waals surface area contributed by atoms with Gasteiger partial charge in [0.15, 0.2) is 0 Å². The molecule has 1 aromatic carbocycles. The van der Waals surface area contributed by atoms with Crippen molar-refractivity contribution in [2.75, 3.05) is 19.5 Å². The summed E-state index contributed by atoms with van der Waals surface area (Å²) in [6.45, 7) is 3.41. The Kier molecular flexibility index (Phi) is 4.43. The maximum absolute atomic E-state index is 6.19. The summed E-state index contributed by atoms with van der Waals surface area (Å²) in [6, 6.07) is 7.01. The molecular formula is C16H21Cl2N3. The van der Waals surface area contributed by atoms with Gasteiger partial charge in [0.05, 0.1) is 11.0 Å². The van der Waals surface area contributed by atoms with Crippen LogP contribution in [0.5, 0.6) is 0 Å². The Labute approximate surface area is 135 Å². The van der Waals surface area contributed by atoms with Crippen LogP contribution >= 0.6 is 23.2 Å². The van der Waals surface area contributed by atoms with E-state index in [1.807, 2.05) is 18.2 Å². The highest BCUT2D eigenvalue weighted by molar-refractivity contribution is 6.31. The van der Waals surface area contributed by atoms with E-state index in [9.17, 15) is 0 Å². The molecule has 114 valence electrons. The van der Waals surface area contributed by atoms with Crippen LogP contribution in [0, 0.1) is 0 Å². The van der Waals surface area contributed by atoms with Crippen molar-refractivity contribution in [3.8, 4) is 0 Å². The van der Waals surface area contributed by atoms with E-state index in [4.69, 9.17) is 28.2 Å². The minimum absolute atomic E-state index is 0.484. The van der Waals surface area contributed by atoms with Crippen molar-refractivity contribution in [3.63, 3.8) is 0 Å². The summed E-state index contributed by atoms with van der Waals surface area (Å²) in [5.74, 6) is 1.68. The summed E-state index contributed by atoms with van der Waals surface area (Å²) >= 11 is 12.2. The summed E-state index contributed by atoms with van der Waals surface area (Å²) in [4.78, 5) is 7.19. The first-order valence-corrected chi connectivity index (χ1v) is 8.44. The van der Waals surface area contributed by atoms with E-state index in [-0.39, 0.29) is 0 Å². The SMILES string of the molecule is CC1CC(n2c(CCCl)nc3ccc(Cl)cc32)CCN1C. The molecule has 2 atom stereocenters. The lowest BCUT2D eigenvalue weighted by Gasteiger charge is -2.36. The number of aryl methyl sites for hydroxylation is 1. The molecule has 0 saturated carbocycles. The number of nitrogens with zero attached hydrogens (tertiary/aromatic N) is 3.